The molecule has 4 heteroatoms. The Balaban J connectivity index is 1.56. The summed E-state index contributed by atoms with van der Waals surface area (Å²) in [5.41, 5.74) is 0. The second kappa shape index (κ2) is 7.85. The first-order valence-corrected chi connectivity index (χ1v) is 8.02. The molecule has 1 amide bonds. The van der Waals surface area contributed by atoms with Crippen molar-refractivity contribution < 1.29 is 4.79 Å². The highest BCUT2D eigenvalue weighted by atomic mass is 16.2. The fraction of sp³-hybridized carbons (Fsp3) is 0.933. The number of rotatable bonds is 5. The first-order chi connectivity index (χ1) is 9.27. The van der Waals surface area contributed by atoms with Crippen LogP contribution in [0.3, 0.4) is 0 Å². The number of likely N-dealkylation sites (tertiary alicyclic amines) is 1. The van der Waals surface area contributed by atoms with Gasteiger partial charge in [0.05, 0.1) is 6.04 Å². The second-order valence-corrected chi connectivity index (χ2v) is 6.03. The van der Waals surface area contributed by atoms with Crippen LogP contribution in [0.15, 0.2) is 0 Å². The summed E-state index contributed by atoms with van der Waals surface area (Å²) < 4.78 is 0. The summed E-state index contributed by atoms with van der Waals surface area (Å²) >= 11 is 0. The number of piperidine rings is 2. The largest absolute Gasteiger partial charge is 0.355 e. The predicted molar refractivity (Wildman–Crippen MR) is 78.2 cm³/mol. The summed E-state index contributed by atoms with van der Waals surface area (Å²) in [6, 6.07) is 0.784. The molecule has 2 aliphatic heterocycles. The molecule has 0 aromatic heterocycles. The van der Waals surface area contributed by atoms with E-state index in [4.69, 9.17) is 0 Å². The molecule has 0 aromatic carbocycles. The molecular weight excluding hydrogens is 238 g/mol. The second-order valence-electron chi connectivity index (χ2n) is 6.03. The molecule has 19 heavy (non-hydrogen) atoms. The van der Waals surface area contributed by atoms with Gasteiger partial charge in [-0.2, -0.15) is 0 Å². The Bertz CT molecular complexity index is 277. The van der Waals surface area contributed by atoms with Crippen molar-refractivity contribution in [1.82, 2.24) is 15.5 Å². The van der Waals surface area contributed by atoms with Gasteiger partial charge in [0.25, 0.3) is 0 Å². The average Bonchev–Trinajstić information content (AvgIpc) is 2.46. The van der Waals surface area contributed by atoms with Crippen LogP contribution < -0.4 is 10.6 Å². The number of nitrogens with one attached hydrogen (secondary N) is 2. The minimum Gasteiger partial charge on any atom is -0.355 e. The van der Waals surface area contributed by atoms with Crippen molar-refractivity contribution in [2.75, 3.05) is 26.2 Å². The molecule has 0 saturated carbocycles. The van der Waals surface area contributed by atoms with Gasteiger partial charge in [0, 0.05) is 19.1 Å². The summed E-state index contributed by atoms with van der Waals surface area (Å²) in [6.07, 6.45) is 8.49. The van der Waals surface area contributed by atoms with Crippen molar-refractivity contribution in [2.45, 2.75) is 64.0 Å². The highest BCUT2D eigenvalue weighted by molar-refractivity contribution is 5.81. The van der Waals surface area contributed by atoms with Crippen LogP contribution in [0.1, 0.15) is 51.9 Å². The lowest BCUT2D eigenvalue weighted by Gasteiger charge is -2.33. The fourth-order valence-electron chi connectivity index (χ4n) is 3.18. The molecule has 110 valence electrons. The van der Waals surface area contributed by atoms with Crippen molar-refractivity contribution in [1.29, 1.82) is 0 Å². The van der Waals surface area contributed by atoms with Gasteiger partial charge in [0.2, 0.25) is 5.91 Å². The molecule has 0 aliphatic carbocycles. The number of hydrogen-bond acceptors (Lipinski definition) is 3. The standard InChI is InChI=1S/C15H29N3O/c1-13-7-3-5-11-18(13)12-6-10-17-15(19)14-8-2-4-9-16-14/h13-14,16H,2-12H2,1H3,(H,17,19). The molecule has 2 heterocycles. The summed E-state index contributed by atoms with van der Waals surface area (Å²) in [6.45, 7) is 6.49. The Morgan fingerprint density at radius 1 is 1.26 bits per heavy atom. The minimum atomic E-state index is 0.0580. The molecular formula is C15H29N3O. The van der Waals surface area contributed by atoms with Crippen LogP contribution >= 0.6 is 0 Å². The van der Waals surface area contributed by atoms with Crippen molar-refractivity contribution >= 4 is 5.91 Å². The van der Waals surface area contributed by atoms with Crippen molar-refractivity contribution in [3.63, 3.8) is 0 Å². The zero-order chi connectivity index (χ0) is 13.5. The highest BCUT2D eigenvalue weighted by Gasteiger charge is 2.20. The van der Waals surface area contributed by atoms with Crippen LogP contribution in [-0.4, -0.2) is 49.1 Å². The van der Waals surface area contributed by atoms with E-state index in [1.807, 2.05) is 0 Å². The Morgan fingerprint density at radius 2 is 2.11 bits per heavy atom. The van der Waals surface area contributed by atoms with Gasteiger partial charge in [-0.3, -0.25) is 4.79 Å². The highest BCUT2D eigenvalue weighted by Crippen LogP contribution is 2.16. The van der Waals surface area contributed by atoms with Crippen LogP contribution in [0.2, 0.25) is 0 Å². The number of nitrogens with zero attached hydrogens (tertiary/aromatic N) is 1. The maximum atomic E-state index is 11.9. The van der Waals surface area contributed by atoms with Gasteiger partial charge in [-0.25, -0.2) is 0 Å². The molecule has 2 atom stereocenters. The van der Waals surface area contributed by atoms with E-state index in [0.29, 0.717) is 0 Å². The Hall–Kier alpha value is -0.610. The maximum absolute atomic E-state index is 11.9. The predicted octanol–water partition coefficient (Wildman–Crippen LogP) is 1.51. The quantitative estimate of drug-likeness (QED) is 0.742. The monoisotopic (exact) mass is 267 g/mol. The zero-order valence-electron chi connectivity index (χ0n) is 12.3. The van der Waals surface area contributed by atoms with E-state index in [9.17, 15) is 4.79 Å². The van der Waals surface area contributed by atoms with E-state index >= 15 is 0 Å². The Kier molecular flexibility index (Phi) is 6.11. The number of carbonyl (C=O) groups is 1. The summed E-state index contributed by atoms with van der Waals surface area (Å²) in [5, 5.41) is 6.37. The molecule has 2 N–H and O–H groups in total. The first kappa shape index (κ1) is 14.8. The summed E-state index contributed by atoms with van der Waals surface area (Å²) in [4.78, 5) is 14.5. The van der Waals surface area contributed by atoms with Crippen molar-refractivity contribution in [3.8, 4) is 0 Å². The van der Waals surface area contributed by atoms with Gasteiger partial charge in [0.15, 0.2) is 0 Å². The molecule has 0 aromatic rings. The van der Waals surface area contributed by atoms with Crippen LogP contribution in [0.25, 0.3) is 0 Å². The van der Waals surface area contributed by atoms with E-state index in [2.05, 4.69) is 22.5 Å². The fourth-order valence-corrected chi connectivity index (χ4v) is 3.18. The van der Waals surface area contributed by atoms with Gasteiger partial charge in [0.1, 0.15) is 0 Å². The van der Waals surface area contributed by atoms with Crippen molar-refractivity contribution in [3.05, 3.63) is 0 Å². The van der Waals surface area contributed by atoms with Crippen LogP contribution in [0, 0.1) is 0 Å². The van der Waals surface area contributed by atoms with Crippen molar-refractivity contribution in [2.24, 2.45) is 0 Å². The molecule has 2 rings (SSSR count). The van der Waals surface area contributed by atoms with E-state index in [1.165, 1.54) is 38.6 Å². The van der Waals surface area contributed by atoms with Gasteiger partial charge in [-0.15, -0.1) is 0 Å². The zero-order valence-corrected chi connectivity index (χ0v) is 12.3. The van der Waals surface area contributed by atoms with Gasteiger partial charge < -0.3 is 15.5 Å². The number of amides is 1. The smallest absolute Gasteiger partial charge is 0.237 e. The third-order valence-electron chi connectivity index (χ3n) is 4.49. The number of carbonyl (C=O) groups excluding carboxylic acids is 1. The summed E-state index contributed by atoms with van der Waals surface area (Å²) in [5.74, 6) is 0.200. The summed E-state index contributed by atoms with van der Waals surface area (Å²) in [7, 11) is 0. The SMILES string of the molecule is CC1CCCCN1CCCNC(=O)C1CCCCN1. The Labute approximate surface area is 117 Å². The third-order valence-corrected chi connectivity index (χ3v) is 4.49. The van der Waals surface area contributed by atoms with E-state index in [-0.39, 0.29) is 11.9 Å². The molecule has 2 unspecified atom stereocenters. The molecule has 0 radical (unpaired) electrons. The lowest BCUT2D eigenvalue weighted by molar-refractivity contribution is -0.123. The molecule has 2 saturated heterocycles. The minimum absolute atomic E-state index is 0.0580. The Morgan fingerprint density at radius 3 is 2.84 bits per heavy atom. The van der Waals surface area contributed by atoms with E-state index in [1.54, 1.807) is 0 Å². The van der Waals surface area contributed by atoms with Gasteiger partial charge in [-0.1, -0.05) is 12.8 Å². The molecule has 4 nitrogen and oxygen atoms in total. The molecule has 0 bridgehead atoms. The third kappa shape index (κ3) is 4.77. The van der Waals surface area contributed by atoms with E-state index < -0.39 is 0 Å². The maximum Gasteiger partial charge on any atom is 0.237 e. The van der Waals surface area contributed by atoms with Gasteiger partial charge in [-0.05, 0) is 52.1 Å². The first-order valence-electron chi connectivity index (χ1n) is 8.02. The van der Waals surface area contributed by atoms with Gasteiger partial charge >= 0.3 is 0 Å². The lowest BCUT2D eigenvalue weighted by atomic mass is 10.0. The normalized spacial score (nSPS) is 29.1. The number of hydrogen-bond donors (Lipinski definition) is 2. The van der Waals surface area contributed by atoms with Crippen LogP contribution in [0.5, 0.6) is 0 Å². The molecule has 0 spiro atoms. The molecule has 2 aliphatic rings. The molecule has 2 fully saturated rings. The topological polar surface area (TPSA) is 44.4 Å². The average molecular weight is 267 g/mol. The lowest BCUT2D eigenvalue weighted by Crippen LogP contribution is -2.47. The van der Waals surface area contributed by atoms with Crippen LogP contribution in [0.4, 0.5) is 0 Å². The van der Waals surface area contributed by atoms with Crippen LogP contribution in [-0.2, 0) is 4.79 Å². The van der Waals surface area contributed by atoms with E-state index in [0.717, 1.165) is 38.5 Å².